The molecule has 2 amide bonds. The highest BCUT2D eigenvalue weighted by molar-refractivity contribution is 7.10. The summed E-state index contributed by atoms with van der Waals surface area (Å²) >= 11 is 1.62. The Morgan fingerprint density at radius 3 is 2.90 bits per heavy atom. The second-order valence-electron chi connectivity index (χ2n) is 5.02. The van der Waals surface area contributed by atoms with Crippen molar-refractivity contribution in [3.63, 3.8) is 0 Å². The summed E-state index contributed by atoms with van der Waals surface area (Å²) in [6.07, 6.45) is 1.21. The Morgan fingerprint density at radius 2 is 2.29 bits per heavy atom. The van der Waals surface area contributed by atoms with Crippen LogP contribution in [-0.4, -0.2) is 17.2 Å². The van der Waals surface area contributed by atoms with Gasteiger partial charge >= 0.3 is 6.03 Å². The molecule has 0 spiro atoms. The van der Waals surface area contributed by atoms with Crippen molar-refractivity contribution in [3.8, 4) is 0 Å². The minimum atomic E-state index is -0.713. The van der Waals surface area contributed by atoms with Crippen molar-refractivity contribution in [2.24, 2.45) is 0 Å². The van der Waals surface area contributed by atoms with Crippen molar-refractivity contribution >= 4 is 17.4 Å². The van der Waals surface area contributed by atoms with E-state index in [2.05, 4.69) is 10.6 Å². The predicted octanol–water partition coefficient (Wildman–Crippen LogP) is 2.96. The van der Waals surface area contributed by atoms with Gasteiger partial charge in [0, 0.05) is 17.3 Å². The molecule has 3 N–H and O–H groups in total. The molecule has 0 aliphatic heterocycles. The van der Waals surface area contributed by atoms with E-state index >= 15 is 0 Å². The van der Waals surface area contributed by atoms with E-state index in [1.54, 1.807) is 23.5 Å². The van der Waals surface area contributed by atoms with Gasteiger partial charge in [-0.3, -0.25) is 0 Å². The number of carbonyl (C=O) groups excluding carboxylic acids is 1. The number of hydrogen-bond donors (Lipinski definition) is 3. The Balaban J connectivity index is 1.73. The lowest BCUT2D eigenvalue weighted by atomic mass is 10.1. The summed E-state index contributed by atoms with van der Waals surface area (Å²) in [6, 6.07) is 5.09. The molecule has 2 heterocycles. The van der Waals surface area contributed by atoms with Gasteiger partial charge in [-0.15, -0.1) is 11.3 Å². The molecule has 0 aromatic carbocycles. The second kappa shape index (κ2) is 7.28. The van der Waals surface area contributed by atoms with Crippen molar-refractivity contribution < 1.29 is 14.3 Å². The molecule has 2 unspecified atom stereocenters. The lowest BCUT2D eigenvalue weighted by Gasteiger charge is -2.17. The molecule has 2 rings (SSSR count). The van der Waals surface area contributed by atoms with E-state index in [4.69, 9.17) is 4.42 Å². The molecule has 0 fully saturated rings. The van der Waals surface area contributed by atoms with Crippen LogP contribution in [0.15, 0.2) is 34.3 Å². The molecule has 0 saturated heterocycles. The molecule has 6 heteroatoms. The van der Waals surface area contributed by atoms with Crippen LogP contribution in [-0.2, 0) is 6.54 Å². The lowest BCUT2D eigenvalue weighted by molar-refractivity contribution is 0.129. The first-order valence-corrected chi connectivity index (χ1v) is 7.73. The van der Waals surface area contributed by atoms with E-state index in [-0.39, 0.29) is 12.1 Å². The number of nitrogens with one attached hydrogen (secondary N) is 2. The van der Waals surface area contributed by atoms with Crippen LogP contribution in [0.2, 0.25) is 0 Å². The zero-order chi connectivity index (χ0) is 15.2. The van der Waals surface area contributed by atoms with Gasteiger partial charge in [-0.1, -0.05) is 0 Å². The van der Waals surface area contributed by atoms with Crippen LogP contribution in [0.4, 0.5) is 4.79 Å². The highest BCUT2D eigenvalue weighted by atomic mass is 32.1. The number of aryl methyl sites for hydroxylation is 1. The third-order valence-electron chi connectivity index (χ3n) is 3.20. The molecule has 114 valence electrons. The fourth-order valence-electron chi connectivity index (χ4n) is 2.01. The Labute approximate surface area is 128 Å². The number of furan rings is 1. The number of aliphatic hydroxyl groups is 1. The zero-order valence-electron chi connectivity index (χ0n) is 12.1. The van der Waals surface area contributed by atoms with Gasteiger partial charge in [-0.05, 0) is 43.0 Å². The molecule has 0 aliphatic rings. The Bertz CT molecular complexity index is 565. The summed E-state index contributed by atoms with van der Waals surface area (Å²) in [5.74, 6) is 0.512. The van der Waals surface area contributed by atoms with Crippen LogP contribution >= 0.6 is 11.3 Å². The van der Waals surface area contributed by atoms with Crippen molar-refractivity contribution in [2.75, 3.05) is 0 Å². The van der Waals surface area contributed by atoms with Crippen molar-refractivity contribution in [1.29, 1.82) is 0 Å². The fourth-order valence-corrected chi connectivity index (χ4v) is 2.86. The number of amides is 2. The first-order valence-electron chi connectivity index (χ1n) is 6.85. The molecular weight excluding hydrogens is 288 g/mol. The highest BCUT2D eigenvalue weighted by Gasteiger charge is 2.16. The third-order valence-corrected chi connectivity index (χ3v) is 4.23. The smallest absolute Gasteiger partial charge is 0.315 e. The van der Waals surface area contributed by atoms with Gasteiger partial charge in [-0.25, -0.2) is 4.79 Å². The maximum Gasteiger partial charge on any atom is 0.315 e. The van der Waals surface area contributed by atoms with E-state index in [0.29, 0.717) is 18.7 Å². The maximum absolute atomic E-state index is 11.8. The van der Waals surface area contributed by atoms with Gasteiger partial charge in [0.2, 0.25) is 0 Å². The molecule has 21 heavy (non-hydrogen) atoms. The van der Waals surface area contributed by atoms with Gasteiger partial charge < -0.3 is 20.2 Å². The number of urea groups is 1. The summed E-state index contributed by atoms with van der Waals surface area (Å²) in [5.41, 5.74) is 1.18. The van der Waals surface area contributed by atoms with E-state index in [1.165, 1.54) is 11.8 Å². The van der Waals surface area contributed by atoms with Crippen LogP contribution in [0.1, 0.15) is 35.6 Å². The first-order chi connectivity index (χ1) is 10.1. The van der Waals surface area contributed by atoms with Crippen LogP contribution in [0.3, 0.4) is 0 Å². The van der Waals surface area contributed by atoms with Gasteiger partial charge in [0.25, 0.3) is 0 Å². The number of rotatable bonds is 6. The van der Waals surface area contributed by atoms with Crippen molar-refractivity contribution in [3.05, 3.63) is 46.0 Å². The van der Waals surface area contributed by atoms with E-state index in [1.807, 2.05) is 25.3 Å². The fraction of sp³-hybridized carbons (Fsp3) is 0.400. The summed E-state index contributed by atoms with van der Waals surface area (Å²) < 4.78 is 5.13. The Morgan fingerprint density at radius 1 is 1.48 bits per heavy atom. The van der Waals surface area contributed by atoms with E-state index in [9.17, 15) is 9.90 Å². The van der Waals surface area contributed by atoms with Crippen LogP contribution in [0, 0.1) is 6.92 Å². The summed E-state index contributed by atoms with van der Waals surface area (Å²) in [4.78, 5) is 13.0. The zero-order valence-corrected chi connectivity index (χ0v) is 12.9. The van der Waals surface area contributed by atoms with E-state index < -0.39 is 6.10 Å². The average molecular weight is 308 g/mol. The molecule has 0 saturated carbocycles. The maximum atomic E-state index is 11.8. The monoisotopic (exact) mass is 308 g/mol. The van der Waals surface area contributed by atoms with E-state index in [0.717, 1.165) is 4.88 Å². The summed E-state index contributed by atoms with van der Waals surface area (Å²) in [7, 11) is 0. The quantitative estimate of drug-likeness (QED) is 0.768. The predicted molar refractivity (Wildman–Crippen MR) is 82.2 cm³/mol. The van der Waals surface area contributed by atoms with Gasteiger partial charge in [0.05, 0.1) is 12.8 Å². The molecule has 0 bridgehead atoms. The van der Waals surface area contributed by atoms with Crippen molar-refractivity contribution in [2.45, 2.75) is 39.0 Å². The largest absolute Gasteiger partial charge is 0.467 e. The van der Waals surface area contributed by atoms with Crippen LogP contribution < -0.4 is 10.6 Å². The third kappa shape index (κ3) is 4.61. The topological polar surface area (TPSA) is 74.5 Å². The molecule has 2 aromatic rings. The second-order valence-corrected chi connectivity index (χ2v) is 6.02. The lowest BCUT2D eigenvalue weighted by Crippen LogP contribution is -2.41. The minimum absolute atomic E-state index is 0.158. The SMILES string of the molecule is Cc1ccsc1CNC(=O)NC(C)CC(O)c1ccco1. The van der Waals surface area contributed by atoms with Gasteiger partial charge in [0.15, 0.2) is 0 Å². The van der Waals surface area contributed by atoms with Gasteiger partial charge in [-0.2, -0.15) is 0 Å². The van der Waals surface area contributed by atoms with Crippen LogP contribution in [0.25, 0.3) is 0 Å². The molecule has 0 radical (unpaired) electrons. The molecule has 2 atom stereocenters. The number of aliphatic hydroxyl groups excluding tert-OH is 1. The number of thiophene rings is 1. The Hall–Kier alpha value is -1.79. The number of carbonyl (C=O) groups is 1. The molecule has 2 aromatic heterocycles. The normalized spacial score (nSPS) is 13.7. The highest BCUT2D eigenvalue weighted by Crippen LogP contribution is 2.18. The standard InChI is InChI=1S/C15H20N2O3S/c1-10-5-7-21-14(10)9-16-15(19)17-11(2)8-12(18)13-4-3-6-20-13/h3-7,11-12,18H,8-9H2,1-2H3,(H2,16,17,19). The summed E-state index contributed by atoms with van der Waals surface area (Å²) in [6.45, 7) is 4.39. The molecular formula is C15H20N2O3S. The number of hydrogen-bond acceptors (Lipinski definition) is 4. The Kier molecular flexibility index (Phi) is 5.41. The van der Waals surface area contributed by atoms with Gasteiger partial charge in [0.1, 0.15) is 11.9 Å². The first kappa shape index (κ1) is 15.6. The van der Waals surface area contributed by atoms with Crippen molar-refractivity contribution in [1.82, 2.24) is 10.6 Å². The summed E-state index contributed by atoms with van der Waals surface area (Å²) in [5, 5.41) is 17.6. The average Bonchev–Trinajstić information content (AvgIpc) is 3.07. The minimum Gasteiger partial charge on any atom is -0.467 e. The molecule has 0 aliphatic carbocycles. The van der Waals surface area contributed by atoms with Crippen LogP contribution in [0.5, 0.6) is 0 Å². The molecule has 5 nitrogen and oxygen atoms in total.